The monoisotopic (exact) mass is 141 g/mol. The standard InChI is InChI=1S/C4H7Cl2O/c1-3(7)4(6)2-5/h3-4H,2H2,1H3. The van der Waals surface area contributed by atoms with Crippen LogP contribution in [-0.2, 0) is 5.11 Å². The van der Waals surface area contributed by atoms with Crippen LogP contribution in [0.2, 0.25) is 0 Å². The summed E-state index contributed by atoms with van der Waals surface area (Å²) < 4.78 is 0. The topological polar surface area (TPSA) is 19.9 Å². The Bertz CT molecular complexity index is 47.0. The summed E-state index contributed by atoms with van der Waals surface area (Å²) in [6, 6.07) is 0. The van der Waals surface area contributed by atoms with Gasteiger partial charge in [-0.1, -0.05) is 0 Å². The maximum atomic E-state index is 10.2. The van der Waals surface area contributed by atoms with E-state index in [2.05, 4.69) is 0 Å². The molecule has 1 radical (unpaired) electrons. The first-order chi connectivity index (χ1) is 3.18. The molecule has 0 aromatic heterocycles. The normalized spacial score (nSPS) is 18.9. The summed E-state index contributed by atoms with van der Waals surface area (Å²) in [5.41, 5.74) is 0. The van der Waals surface area contributed by atoms with E-state index in [1.54, 1.807) is 0 Å². The highest BCUT2D eigenvalue weighted by Gasteiger charge is 2.09. The molecule has 0 aliphatic heterocycles. The van der Waals surface area contributed by atoms with E-state index in [-0.39, 0.29) is 5.88 Å². The maximum absolute atomic E-state index is 10.2. The largest absolute Gasteiger partial charge is 0.232 e. The highest BCUT2D eigenvalue weighted by molar-refractivity contribution is 6.28. The predicted octanol–water partition coefficient (Wildman–Crippen LogP) is 1.65. The first-order valence-electron chi connectivity index (χ1n) is 2.04. The number of hydrogen-bond acceptors (Lipinski definition) is 0. The number of rotatable bonds is 2. The molecule has 43 valence electrons. The number of hydrogen-bond donors (Lipinski definition) is 0. The van der Waals surface area contributed by atoms with E-state index in [0.717, 1.165) is 0 Å². The van der Waals surface area contributed by atoms with E-state index in [1.165, 1.54) is 6.92 Å². The van der Waals surface area contributed by atoms with Crippen molar-refractivity contribution in [2.24, 2.45) is 0 Å². The van der Waals surface area contributed by atoms with Gasteiger partial charge in [0.1, 0.15) is 6.10 Å². The Morgan fingerprint density at radius 1 is 1.71 bits per heavy atom. The van der Waals surface area contributed by atoms with Crippen LogP contribution in [-0.4, -0.2) is 17.4 Å². The molecule has 0 spiro atoms. The molecule has 0 fully saturated rings. The van der Waals surface area contributed by atoms with Crippen LogP contribution in [0.1, 0.15) is 6.92 Å². The van der Waals surface area contributed by atoms with Crippen LogP contribution in [0.15, 0.2) is 0 Å². The van der Waals surface area contributed by atoms with Gasteiger partial charge >= 0.3 is 0 Å². The predicted molar refractivity (Wildman–Crippen MR) is 30.5 cm³/mol. The Morgan fingerprint density at radius 2 is 2.14 bits per heavy atom. The zero-order chi connectivity index (χ0) is 5.86. The molecule has 7 heavy (non-hydrogen) atoms. The third-order valence-electron chi connectivity index (χ3n) is 0.657. The van der Waals surface area contributed by atoms with Gasteiger partial charge in [-0.2, -0.15) is 0 Å². The van der Waals surface area contributed by atoms with Crippen LogP contribution in [0.25, 0.3) is 0 Å². The van der Waals surface area contributed by atoms with Gasteiger partial charge in [-0.15, -0.1) is 23.2 Å². The second-order valence-electron chi connectivity index (χ2n) is 1.38. The van der Waals surface area contributed by atoms with Crippen molar-refractivity contribution in [1.82, 2.24) is 0 Å². The van der Waals surface area contributed by atoms with Crippen molar-refractivity contribution in [3.8, 4) is 0 Å². The molecule has 0 aliphatic rings. The fraction of sp³-hybridized carbons (Fsp3) is 1.00. The van der Waals surface area contributed by atoms with E-state index < -0.39 is 11.5 Å². The highest BCUT2D eigenvalue weighted by Crippen LogP contribution is 2.03. The van der Waals surface area contributed by atoms with Gasteiger partial charge in [-0.25, -0.2) is 5.11 Å². The first-order valence-corrected chi connectivity index (χ1v) is 3.01. The molecular formula is C4H7Cl2O. The Hall–Kier alpha value is 0.540. The number of halogens is 2. The summed E-state index contributed by atoms with van der Waals surface area (Å²) in [5, 5.41) is 9.83. The van der Waals surface area contributed by atoms with Gasteiger partial charge in [0.15, 0.2) is 0 Å². The lowest BCUT2D eigenvalue weighted by Gasteiger charge is -2.03. The fourth-order valence-corrected chi connectivity index (χ4v) is 0.376. The third-order valence-corrected chi connectivity index (χ3v) is 1.66. The van der Waals surface area contributed by atoms with Gasteiger partial charge in [0.05, 0.1) is 5.38 Å². The van der Waals surface area contributed by atoms with Crippen LogP contribution < -0.4 is 0 Å². The molecule has 0 aromatic rings. The van der Waals surface area contributed by atoms with Crippen molar-refractivity contribution in [1.29, 1.82) is 0 Å². The van der Waals surface area contributed by atoms with E-state index in [0.29, 0.717) is 0 Å². The molecule has 0 saturated heterocycles. The smallest absolute Gasteiger partial charge is 0.108 e. The minimum Gasteiger partial charge on any atom is -0.232 e. The molecule has 1 nitrogen and oxygen atoms in total. The fourth-order valence-electron chi connectivity index (χ4n) is 0.125. The summed E-state index contributed by atoms with van der Waals surface area (Å²) in [7, 11) is 0. The quantitative estimate of drug-likeness (QED) is 0.522. The first kappa shape index (κ1) is 7.54. The van der Waals surface area contributed by atoms with Crippen LogP contribution in [0.3, 0.4) is 0 Å². The molecule has 0 amide bonds. The molecule has 0 aromatic carbocycles. The van der Waals surface area contributed by atoms with E-state index in [4.69, 9.17) is 23.2 Å². The molecule has 0 aliphatic carbocycles. The molecule has 0 N–H and O–H groups in total. The van der Waals surface area contributed by atoms with Crippen LogP contribution in [0, 0.1) is 0 Å². The Labute approximate surface area is 53.2 Å². The Balaban J connectivity index is 3.14. The average Bonchev–Trinajstić information content (AvgIpc) is 1.65. The van der Waals surface area contributed by atoms with Crippen molar-refractivity contribution in [3.05, 3.63) is 0 Å². The van der Waals surface area contributed by atoms with Crippen molar-refractivity contribution in [2.75, 3.05) is 5.88 Å². The minimum atomic E-state index is -0.751. The molecule has 2 unspecified atom stereocenters. The lowest BCUT2D eigenvalue weighted by Crippen LogP contribution is -2.16. The number of alkyl halides is 2. The van der Waals surface area contributed by atoms with Gasteiger partial charge in [0.25, 0.3) is 0 Å². The van der Waals surface area contributed by atoms with Gasteiger partial charge in [0.2, 0.25) is 0 Å². The molecule has 0 saturated carbocycles. The zero-order valence-corrected chi connectivity index (χ0v) is 5.54. The summed E-state index contributed by atoms with van der Waals surface area (Å²) in [4.78, 5) is 0. The van der Waals surface area contributed by atoms with Gasteiger partial charge < -0.3 is 0 Å². The lowest BCUT2D eigenvalue weighted by atomic mass is 10.3. The molecule has 0 bridgehead atoms. The van der Waals surface area contributed by atoms with Crippen molar-refractivity contribution < 1.29 is 5.11 Å². The highest BCUT2D eigenvalue weighted by atomic mass is 35.5. The summed E-state index contributed by atoms with van der Waals surface area (Å²) in [5.74, 6) is 0.242. The second kappa shape index (κ2) is 3.53. The average molecular weight is 142 g/mol. The Kier molecular flexibility index (Phi) is 3.80. The molecule has 0 heterocycles. The van der Waals surface area contributed by atoms with Crippen LogP contribution in [0.4, 0.5) is 0 Å². The van der Waals surface area contributed by atoms with Crippen molar-refractivity contribution in [2.45, 2.75) is 18.4 Å². The third kappa shape index (κ3) is 3.15. The van der Waals surface area contributed by atoms with E-state index in [9.17, 15) is 5.11 Å². The van der Waals surface area contributed by atoms with Gasteiger partial charge in [0, 0.05) is 5.88 Å². The summed E-state index contributed by atoms with van der Waals surface area (Å²) >= 11 is 10.6. The molecule has 2 atom stereocenters. The van der Waals surface area contributed by atoms with Crippen LogP contribution in [0.5, 0.6) is 0 Å². The van der Waals surface area contributed by atoms with Gasteiger partial charge in [-0.05, 0) is 6.92 Å². The van der Waals surface area contributed by atoms with Crippen molar-refractivity contribution >= 4 is 23.2 Å². The summed E-state index contributed by atoms with van der Waals surface area (Å²) in [6.07, 6.45) is -0.751. The molecular weight excluding hydrogens is 135 g/mol. The summed E-state index contributed by atoms with van der Waals surface area (Å²) in [6.45, 7) is 1.50. The SMILES string of the molecule is CC([O])C(Cl)CCl. The maximum Gasteiger partial charge on any atom is 0.108 e. The van der Waals surface area contributed by atoms with Crippen molar-refractivity contribution in [3.63, 3.8) is 0 Å². The minimum absolute atomic E-state index is 0.242. The van der Waals surface area contributed by atoms with Gasteiger partial charge in [-0.3, -0.25) is 0 Å². The van der Waals surface area contributed by atoms with E-state index in [1.807, 2.05) is 0 Å². The molecule has 0 rings (SSSR count). The Morgan fingerprint density at radius 3 is 2.14 bits per heavy atom. The zero-order valence-electron chi connectivity index (χ0n) is 4.03. The van der Waals surface area contributed by atoms with E-state index >= 15 is 0 Å². The van der Waals surface area contributed by atoms with Crippen LogP contribution >= 0.6 is 23.2 Å². The second-order valence-corrected chi connectivity index (χ2v) is 2.24. The lowest BCUT2D eigenvalue weighted by molar-refractivity contribution is 0.106. The molecule has 3 heteroatoms.